The molecule has 23 heavy (non-hydrogen) atoms. The van der Waals surface area contributed by atoms with Crippen LogP contribution in [0.15, 0.2) is 24.3 Å². The van der Waals surface area contributed by atoms with E-state index >= 15 is 0 Å². The minimum Gasteiger partial charge on any atom is -0.479 e. The third kappa shape index (κ3) is 4.53. The van der Waals surface area contributed by atoms with Crippen molar-refractivity contribution in [3.63, 3.8) is 0 Å². The number of methoxy groups -OCH3 is 1. The van der Waals surface area contributed by atoms with Gasteiger partial charge in [-0.3, -0.25) is 9.59 Å². The van der Waals surface area contributed by atoms with Crippen molar-refractivity contribution in [3.8, 4) is 0 Å². The van der Waals surface area contributed by atoms with Gasteiger partial charge in [0, 0.05) is 32.2 Å². The molecule has 1 saturated heterocycles. The molecule has 0 aliphatic carbocycles. The summed E-state index contributed by atoms with van der Waals surface area (Å²) in [6.45, 7) is 1.22. The summed E-state index contributed by atoms with van der Waals surface area (Å²) < 4.78 is 4.75. The Morgan fingerprint density at radius 1 is 1.35 bits per heavy atom. The van der Waals surface area contributed by atoms with Crippen LogP contribution in [-0.4, -0.2) is 54.1 Å². The molecule has 2 N–H and O–H groups in total. The Morgan fingerprint density at radius 3 is 2.57 bits per heavy atom. The van der Waals surface area contributed by atoms with Crippen LogP contribution in [0.5, 0.6) is 0 Å². The molecule has 0 spiro atoms. The molecular formula is C16H20N2O5. The van der Waals surface area contributed by atoms with Crippen molar-refractivity contribution in [1.82, 2.24) is 10.2 Å². The van der Waals surface area contributed by atoms with E-state index in [4.69, 9.17) is 9.84 Å². The maximum Gasteiger partial charge on any atom is 0.334 e. The topological polar surface area (TPSA) is 95.9 Å². The second-order valence-electron chi connectivity index (χ2n) is 5.39. The van der Waals surface area contributed by atoms with Crippen molar-refractivity contribution in [1.29, 1.82) is 0 Å². The normalized spacial score (nSPS) is 15.5. The number of ether oxygens (including phenoxy) is 1. The van der Waals surface area contributed by atoms with Gasteiger partial charge in [0.2, 0.25) is 5.91 Å². The molecule has 1 aromatic carbocycles. The number of hydrogen-bond donors (Lipinski definition) is 2. The van der Waals surface area contributed by atoms with Crippen molar-refractivity contribution in [3.05, 3.63) is 35.4 Å². The molecule has 1 aliphatic rings. The molecule has 1 fully saturated rings. The number of amides is 2. The molecule has 0 bridgehead atoms. The molecule has 7 heteroatoms. The first-order valence-corrected chi connectivity index (χ1v) is 7.41. The van der Waals surface area contributed by atoms with E-state index < -0.39 is 12.1 Å². The Hall–Kier alpha value is -2.41. The van der Waals surface area contributed by atoms with Crippen LogP contribution < -0.4 is 5.32 Å². The van der Waals surface area contributed by atoms with Gasteiger partial charge in [-0.2, -0.15) is 0 Å². The SMILES string of the molecule is CO[C@H](CNC(=O)c1ccc(CN2CCCC2=O)cc1)C(=O)O. The summed E-state index contributed by atoms with van der Waals surface area (Å²) in [6, 6.07) is 6.92. The molecule has 0 radical (unpaired) electrons. The van der Waals surface area contributed by atoms with E-state index in [1.54, 1.807) is 29.2 Å². The zero-order valence-electron chi connectivity index (χ0n) is 12.9. The summed E-state index contributed by atoms with van der Waals surface area (Å²) in [5.41, 5.74) is 1.39. The second-order valence-corrected chi connectivity index (χ2v) is 5.39. The molecule has 1 aliphatic heterocycles. The van der Waals surface area contributed by atoms with E-state index in [9.17, 15) is 14.4 Å². The Balaban J connectivity index is 1.89. The number of hydrogen-bond acceptors (Lipinski definition) is 4. The zero-order chi connectivity index (χ0) is 16.8. The number of carboxylic acids is 1. The second kappa shape index (κ2) is 7.73. The maximum absolute atomic E-state index is 12.0. The molecule has 0 unspecified atom stereocenters. The standard InChI is InChI=1S/C16H20N2O5/c1-23-13(16(21)22)9-17-15(20)12-6-4-11(5-7-12)10-18-8-2-3-14(18)19/h4-7,13H,2-3,8-10H2,1H3,(H,17,20)(H,21,22)/t13-/m1/s1. The number of rotatable bonds is 7. The molecule has 0 aromatic heterocycles. The summed E-state index contributed by atoms with van der Waals surface area (Å²) in [5.74, 6) is -1.33. The van der Waals surface area contributed by atoms with E-state index in [1.165, 1.54) is 7.11 Å². The number of nitrogens with one attached hydrogen (secondary N) is 1. The maximum atomic E-state index is 12.0. The molecule has 1 heterocycles. The molecule has 124 valence electrons. The molecule has 2 rings (SSSR count). The van der Waals surface area contributed by atoms with Crippen LogP contribution >= 0.6 is 0 Å². The lowest BCUT2D eigenvalue weighted by Gasteiger charge is -2.15. The number of carboxylic acid groups (broad SMARTS) is 1. The van der Waals surface area contributed by atoms with Crippen molar-refractivity contribution in [2.75, 3.05) is 20.2 Å². The highest BCUT2D eigenvalue weighted by Crippen LogP contribution is 2.14. The first-order chi connectivity index (χ1) is 11.0. The van der Waals surface area contributed by atoms with Crippen LogP contribution in [0.25, 0.3) is 0 Å². The summed E-state index contributed by atoms with van der Waals surface area (Å²) >= 11 is 0. The third-order valence-electron chi connectivity index (χ3n) is 3.77. The number of likely N-dealkylation sites (tertiary alicyclic amines) is 1. The molecule has 7 nitrogen and oxygen atoms in total. The highest BCUT2D eigenvalue weighted by Gasteiger charge is 2.20. The monoisotopic (exact) mass is 320 g/mol. The number of nitrogens with zero attached hydrogens (tertiary/aromatic N) is 1. The minimum absolute atomic E-state index is 0.102. The average molecular weight is 320 g/mol. The van der Waals surface area contributed by atoms with Crippen molar-refractivity contribution in [2.45, 2.75) is 25.5 Å². The Morgan fingerprint density at radius 2 is 2.04 bits per heavy atom. The summed E-state index contributed by atoms with van der Waals surface area (Å²) in [5, 5.41) is 11.4. The Kier molecular flexibility index (Phi) is 5.70. The fourth-order valence-corrected chi connectivity index (χ4v) is 2.41. The predicted octanol–water partition coefficient (Wildman–Crippen LogP) is 0.638. The molecule has 0 saturated carbocycles. The number of benzene rings is 1. The van der Waals surface area contributed by atoms with Gasteiger partial charge in [0.1, 0.15) is 0 Å². The summed E-state index contributed by atoms with van der Waals surface area (Å²) in [6.07, 6.45) is 0.424. The van der Waals surface area contributed by atoms with E-state index in [-0.39, 0.29) is 18.4 Å². The van der Waals surface area contributed by atoms with Gasteiger partial charge in [-0.1, -0.05) is 12.1 Å². The van der Waals surface area contributed by atoms with Crippen LogP contribution in [-0.2, 0) is 20.9 Å². The van der Waals surface area contributed by atoms with Gasteiger partial charge < -0.3 is 20.1 Å². The molecular weight excluding hydrogens is 300 g/mol. The van der Waals surface area contributed by atoms with Crippen LogP contribution in [0.4, 0.5) is 0 Å². The molecule has 2 amide bonds. The van der Waals surface area contributed by atoms with Gasteiger partial charge in [0.25, 0.3) is 5.91 Å². The van der Waals surface area contributed by atoms with Gasteiger partial charge in [-0.05, 0) is 24.1 Å². The first kappa shape index (κ1) is 17.0. The molecule has 1 aromatic rings. The zero-order valence-corrected chi connectivity index (χ0v) is 12.9. The Labute approximate surface area is 134 Å². The van der Waals surface area contributed by atoms with E-state index in [2.05, 4.69) is 5.32 Å². The van der Waals surface area contributed by atoms with Crippen molar-refractivity contribution >= 4 is 17.8 Å². The van der Waals surface area contributed by atoms with Crippen molar-refractivity contribution < 1.29 is 24.2 Å². The van der Waals surface area contributed by atoms with Crippen LogP contribution in [0.2, 0.25) is 0 Å². The average Bonchev–Trinajstić information content (AvgIpc) is 2.93. The van der Waals surface area contributed by atoms with Crippen LogP contribution in [0, 0.1) is 0 Å². The molecule has 1 atom stereocenters. The van der Waals surface area contributed by atoms with Gasteiger partial charge >= 0.3 is 5.97 Å². The van der Waals surface area contributed by atoms with Gasteiger partial charge in [-0.15, -0.1) is 0 Å². The van der Waals surface area contributed by atoms with E-state index in [0.717, 1.165) is 18.5 Å². The van der Waals surface area contributed by atoms with Crippen LogP contribution in [0.1, 0.15) is 28.8 Å². The van der Waals surface area contributed by atoms with Gasteiger partial charge in [-0.25, -0.2) is 4.79 Å². The third-order valence-corrected chi connectivity index (χ3v) is 3.77. The lowest BCUT2D eigenvalue weighted by molar-refractivity contribution is -0.148. The highest BCUT2D eigenvalue weighted by molar-refractivity contribution is 5.94. The van der Waals surface area contributed by atoms with Crippen LogP contribution in [0.3, 0.4) is 0 Å². The largest absolute Gasteiger partial charge is 0.479 e. The lowest BCUT2D eigenvalue weighted by atomic mass is 10.1. The van der Waals surface area contributed by atoms with Gasteiger partial charge in [0.05, 0.1) is 6.54 Å². The highest BCUT2D eigenvalue weighted by atomic mass is 16.5. The summed E-state index contributed by atoms with van der Waals surface area (Å²) in [4.78, 5) is 36.2. The smallest absolute Gasteiger partial charge is 0.334 e. The van der Waals surface area contributed by atoms with E-state index in [1.807, 2.05) is 0 Å². The fraction of sp³-hybridized carbons (Fsp3) is 0.438. The minimum atomic E-state index is -1.13. The number of carbonyl (C=O) groups is 3. The summed E-state index contributed by atoms with van der Waals surface area (Å²) in [7, 11) is 1.28. The Bertz CT molecular complexity index is 585. The van der Waals surface area contributed by atoms with Crippen molar-refractivity contribution in [2.24, 2.45) is 0 Å². The lowest BCUT2D eigenvalue weighted by Crippen LogP contribution is -2.37. The number of carbonyl (C=O) groups excluding carboxylic acids is 2. The predicted molar refractivity (Wildman–Crippen MR) is 81.9 cm³/mol. The fourth-order valence-electron chi connectivity index (χ4n) is 2.41. The van der Waals surface area contributed by atoms with E-state index in [0.29, 0.717) is 18.5 Å². The number of aliphatic carboxylic acids is 1. The first-order valence-electron chi connectivity index (χ1n) is 7.41. The van der Waals surface area contributed by atoms with Gasteiger partial charge in [0.15, 0.2) is 6.10 Å². The quantitative estimate of drug-likeness (QED) is 0.768.